The quantitative estimate of drug-likeness (QED) is 0.617. The summed E-state index contributed by atoms with van der Waals surface area (Å²) in [6.45, 7) is 6.65. The van der Waals surface area contributed by atoms with Gasteiger partial charge in [-0.05, 0) is 6.92 Å². The summed E-state index contributed by atoms with van der Waals surface area (Å²) in [7, 11) is 0. The smallest absolute Gasteiger partial charge is 0.320 e. The predicted molar refractivity (Wildman–Crippen MR) is 46.0 cm³/mol. The highest BCUT2D eigenvalue weighted by Gasteiger charge is 2.35. The van der Waals surface area contributed by atoms with E-state index >= 15 is 0 Å². The van der Waals surface area contributed by atoms with Crippen molar-refractivity contribution in [3.63, 3.8) is 0 Å². The van der Waals surface area contributed by atoms with Gasteiger partial charge >= 0.3 is 6.03 Å². The minimum atomic E-state index is 0.226. The Hall–Kier alpha value is -0.770. The number of hydrogen-bond acceptors (Lipinski definition) is 2. The molecule has 0 unspecified atom stereocenters. The van der Waals surface area contributed by atoms with Crippen molar-refractivity contribution in [3.8, 4) is 0 Å². The summed E-state index contributed by atoms with van der Waals surface area (Å²) in [5.41, 5.74) is 0. The van der Waals surface area contributed by atoms with Gasteiger partial charge in [-0.1, -0.05) is 0 Å². The third kappa shape index (κ3) is 1.06. The largest absolute Gasteiger partial charge is 0.323 e. The van der Waals surface area contributed by atoms with Crippen LogP contribution in [0, 0.1) is 0 Å². The average Bonchev–Trinajstić information content (AvgIpc) is 2.30. The van der Waals surface area contributed by atoms with E-state index in [1.54, 1.807) is 0 Å². The second-order valence-electron chi connectivity index (χ2n) is 3.37. The fraction of sp³-hybridized carbons (Fsp3) is 0.875. The molecule has 2 fully saturated rings. The van der Waals surface area contributed by atoms with Crippen LogP contribution in [0.5, 0.6) is 0 Å². The highest BCUT2D eigenvalue weighted by molar-refractivity contribution is 5.77. The molecule has 2 heterocycles. The van der Waals surface area contributed by atoms with Gasteiger partial charge in [0.1, 0.15) is 0 Å². The molecular weight excluding hydrogens is 154 g/mol. The number of carbonyl (C=O) groups is 1. The molecule has 0 aliphatic carbocycles. The molecule has 2 amide bonds. The molecule has 4 heteroatoms. The number of amides is 2. The first-order valence-electron chi connectivity index (χ1n) is 4.59. The third-order valence-corrected chi connectivity index (χ3v) is 2.71. The molecule has 2 aliphatic rings. The molecule has 2 saturated heterocycles. The summed E-state index contributed by atoms with van der Waals surface area (Å²) in [5, 5.41) is 3.18. The van der Waals surface area contributed by atoms with Crippen molar-refractivity contribution in [2.24, 2.45) is 0 Å². The summed E-state index contributed by atoms with van der Waals surface area (Å²) in [6.07, 6.45) is 0. The van der Waals surface area contributed by atoms with E-state index in [-0.39, 0.29) is 6.03 Å². The molecule has 4 nitrogen and oxygen atoms in total. The molecule has 1 N–H and O–H groups in total. The van der Waals surface area contributed by atoms with Crippen LogP contribution in [-0.4, -0.2) is 54.6 Å². The van der Waals surface area contributed by atoms with E-state index in [9.17, 15) is 4.79 Å². The summed E-state index contributed by atoms with van der Waals surface area (Å²) in [6, 6.07) is 0.693. The zero-order valence-electron chi connectivity index (χ0n) is 7.42. The Labute approximate surface area is 72.5 Å². The van der Waals surface area contributed by atoms with Crippen LogP contribution < -0.4 is 5.32 Å². The Balaban J connectivity index is 1.96. The molecule has 0 saturated carbocycles. The SMILES string of the molecule is CCN1CCN(C2CNC2)C1=O. The molecule has 0 aromatic rings. The second kappa shape index (κ2) is 2.94. The van der Waals surface area contributed by atoms with Gasteiger partial charge in [0.05, 0.1) is 6.04 Å². The Morgan fingerprint density at radius 2 is 2.25 bits per heavy atom. The average molecular weight is 169 g/mol. The molecular formula is C8H15N3O. The first-order chi connectivity index (χ1) is 5.83. The second-order valence-corrected chi connectivity index (χ2v) is 3.37. The third-order valence-electron chi connectivity index (χ3n) is 2.71. The number of nitrogens with one attached hydrogen (secondary N) is 1. The lowest BCUT2D eigenvalue weighted by Crippen LogP contribution is -2.58. The Bertz CT molecular complexity index is 191. The van der Waals surface area contributed by atoms with E-state index in [1.807, 2.05) is 16.7 Å². The molecule has 0 aromatic heterocycles. The van der Waals surface area contributed by atoms with E-state index in [0.717, 1.165) is 32.7 Å². The molecule has 0 bridgehead atoms. The zero-order valence-corrected chi connectivity index (χ0v) is 7.42. The monoisotopic (exact) mass is 169 g/mol. The Morgan fingerprint density at radius 3 is 2.67 bits per heavy atom. The van der Waals surface area contributed by atoms with Crippen LogP contribution in [0.2, 0.25) is 0 Å². The topological polar surface area (TPSA) is 35.6 Å². The van der Waals surface area contributed by atoms with E-state index in [0.29, 0.717) is 6.04 Å². The maximum Gasteiger partial charge on any atom is 0.320 e. The molecule has 12 heavy (non-hydrogen) atoms. The molecule has 0 radical (unpaired) electrons. The first-order valence-corrected chi connectivity index (χ1v) is 4.59. The first kappa shape index (κ1) is 7.86. The standard InChI is InChI=1S/C8H15N3O/c1-2-10-3-4-11(8(10)12)7-5-9-6-7/h7,9H,2-6H2,1H3. The van der Waals surface area contributed by atoms with Crippen LogP contribution in [0.15, 0.2) is 0 Å². The van der Waals surface area contributed by atoms with Crippen LogP contribution in [0.25, 0.3) is 0 Å². The van der Waals surface area contributed by atoms with Gasteiger partial charge in [-0.15, -0.1) is 0 Å². The van der Waals surface area contributed by atoms with Crippen molar-refractivity contribution in [3.05, 3.63) is 0 Å². The van der Waals surface area contributed by atoms with Gasteiger partial charge in [-0.2, -0.15) is 0 Å². The van der Waals surface area contributed by atoms with E-state index in [1.165, 1.54) is 0 Å². The lowest BCUT2D eigenvalue weighted by atomic mass is 10.1. The van der Waals surface area contributed by atoms with Gasteiger partial charge in [-0.25, -0.2) is 4.79 Å². The van der Waals surface area contributed by atoms with Crippen LogP contribution in [0.4, 0.5) is 4.79 Å². The van der Waals surface area contributed by atoms with Crippen LogP contribution in [-0.2, 0) is 0 Å². The lowest BCUT2D eigenvalue weighted by molar-refractivity contribution is 0.159. The van der Waals surface area contributed by atoms with Crippen molar-refractivity contribution in [2.45, 2.75) is 13.0 Å². The van der Waals surface area contributed by atoms with Gasteiger partial charge in [0.2, 0.25) is 0 Å². The maximum absolute atomic E-state index is 11.6. The highest BCUT2D eigenvalue weighted by Crippen LogP contribution is 2.14. The number of carbonyl (C=O) groups excluding carboxylic acids is 1. The minimum absolute atomic E-state index is 0.226. The number of rotatable bonds is 2. The van der Waals surface area contributed by atoms with Crippen molar-refractivity contribution >= 4 is 6.03 Å². The summed E-state index contributed by atoms with van der Waals surface area (Å²) in [4.78, 5) is 15.5. The molecule has 2 aliphatic heterocycles. The molecule has 0 atom stereocenters. The van der Waals surface area contributed by atoms with E-state index < -0.39 is 0 Å². The number of nitrogens with zero attached hydrogens (tertiary/aromatic N) is 2. The normalized spacial score (nSPS) is 24.9. The van der Waals surface area contributed by atoms with Crippen molar-refractivity contribution in [1.82, 2.24) is 15.1 Å². The summed E-state index contributed by atoms with van der Waals surface area (Å²) < 4.78 is 0. The lowest BCUT2D eigenvalue weighted by Gasteiger charge is -2.35. The van der Waals surface area contributed by atoms with Crippen molar-refractivity contribution in [2.75, 3.05) is 32.7 Å². The minimum Gasteiger partial charge on any atom is -0.323 e. The summed E-state index contributed by atoms with van der Waals surface area (Å²) >= 11 is 0. The predicted octanol–water partition coefficient (Wildman–Crippen LogP) is -0.284. The van der Waals surface area contributed by atoms with Gasteiger partial charge < -0.3 is 15.1 Å². The fourth-order valence-corrected chi connectivity index (χ4v) is 1.73. The van der Waals surface area contributed by atoms with Crippen LogP contribution >= 0.6 is 0 Å². The zero-order chi connectivity index (χ0) is 8.55. The fourth-order valence-electron chi connectivity index (χ4n) is 1.73. The van der Waals surface area contributed by atoms with Crippen molar-refractivity contribution < 1.29 is 4.79 Å². The molecule has 0 spiro atoms. The number of likely N-dealkylation sites (N-methyl/N-ethyl adjacent to an activating group) is 1. The van der Waals surface area contributed by atoms with Crippen LogP contribution in [0.3, 0.4) is 0 Å². The molecule has 0 aromatic carbocycles. The highest BCUT2D eigenvalue weighted by atomic mass is 16.2. The summed E-state index contributed by atoms with van der Waals surface area (Å²) in [5.74, 6) is 0. The maximum atomic E-state index is 11.6. The Morgan fingerprint density at radius 1 is 1.50 bits per heavy atom. The van der Waals surface area contributed by atoms with E-state index in [2.05, 4.69) is 5.32 Å². The molecule has 2 rings (SSSR count). The van der Waals surface area contributed by atoms with Crippen molar-refractivity contribution in [1.29, 1.82) is 0 Å². The van der Waals surface area contributed by atoms with Gasteiger partial charge in [-0.3, -0.25) is 0 Å². The van der Waals surface area contributed by atoms with Crippen LogP contribution in [0.1, 0.15) is 6.92 Å². The molecule has 68 valence electrons. The van der Waals surface area contributed by atoms with Gasteiger partial charge in [0, 0.05) is 32.7 Å². The van der Waals surface area contributed by atoms with Gasteiger partial charge in [0.25, 0.3) is 0 Å². The van der Waals surface area contributed by atoms with E-state index in [4.69, 9.17) is 0 Å². The van der Waals surface area contributed by atoms with Gasteiger partial charge in [0.15, 0.2) is 0 Å². The number of urea groups is 1. The number of hydrogen-bond donors (Lipinski definition) is 1. The Kier molecular flexibility index (Phi) is 1.92.